The van der Waals surface area contributed by atoms with Gasteiger partial charge in [-0.05, 0) is 31.5 Å². The maximum atomic E-state index is 13.0. The summed E-state index contributed by atoms with van der Waals surface area (Å²) in [5.41, 5.74) is 1.64. The Kier molecular flexibility index (Phi) is 3.47. The van der Waals surface area contributed by atoms with E-state index in [1.165, 1.54) is 12.1 Å². The molecular formula is C14H13ClFN5. The molecule has 0 aliphatic carbocycles. The number of benzene rings is 1. The van der Waals surface area contributed by atoms with E-state index in [9.17, 15) is 4.39 Å². The minimum atomic E-state index is -0.349. The van der Waals surface area contributed by atoms with Crippen LogP contribution in [0.25, 0.3) is 5.78 Å². The van der Waals surface area contributed by atoms with Crippen LogP contribution >= 0.6 is 11.6 Å². The van der Waals surface area contributed by atoms with Crippen LogP contribution in [0.4, 0.5) is 10.2 Å². The molecule has 0 radical (unpaired) electrons. The number of nitrogens with zero attached hydrogens (tertiary/aromatic N) is 4. The van der Waals surface area contributed by atoms with Gasteiger partial charge in [-0.1, -0.05) is 17.7 Å². The molecular weight excluding hydrogens is 293 g/mol. The van der Waals surface area contributed by atoms with E-state index in [1.807, 2.05) is 19.9 Å². The van der Waals surface area contributed by atoms with Crippen LogP contribution in [-0.4, -0.2) is 19.6 Å². The lowest BCUT2D eigenvalue weighted by molar-refractivity contribution is 0.627. The predicted octanol–water partition coefficient (Wildman–Crippen LogP) is 3.15. The molecule has 1 aromatic carbocycles. The van der Waals surface area contributed by atoms with Crippen molar-refractivity contribution in [1.82, 2.24) is 19.6 Å². The number of aromatic nitrogens is 4. The van der Waals surface area contributed by atoms with Crippen molar-refractivity contribution in [3.8, 4) is 0 Å². The SMILES string of the molecule is Cc1cc(NCc2ccc(F)cc2Cl)n2nc(C)nc2n1. The van der Waals surface area contributed by atoms with E-state index in [4.69, 9.17) is 11.6 Å². The van der Waals surface area contributed by atoms with Gasteiger partial charge in [0.15, 0.2) is 0 Å². The molecule has 0 saturated heterocycles. The molecule has 0 saturated carbocycles. The van der Waals surface area contributed by atoms with Gasteiger partial charge in [-0.3, -0.25) is 0 Å². The van der Waals surface area contributed by atoms with Crippen LogP contribution < -0.4 is 5.32 Å². The fourth-order valence-electron chi connectivity index (χ4n) is 2.06. The molecule has 108 valence electrons. The second kappa shape index (κ2) is 5.29. The number of nitrogens with one attached hydrogen (secondary N) is 1. The normalized spacial score (nSPS) is 11.0. The van der Waals surface area contributed by atoms with Crippen LogP contribution in [0.3, 0.4) is 0 Å². The Balaban J connectivity index is 1.91. The van der Waals surface area contributed by atoms with E-state index in [0.29, 0.717) is 23.2 Å². The summed E-state index contributed by atoms with van der Waals surface area (Å²) in [4.78, 5) is 8.56. The molecule has 21 heavy (non-hydrogen) atoms. The van der Waals surface area contributed by atoms with E-state index < -0.39 is 0 Å². The van der Waals surface area contributed by atoms with E-state index in [-0.39, 0.29) is 5.82 Å². The van der Waals surface area contributed by atoms with Gasteiger partial charge in [-0.15, -0.1) is 5.10 Å². The second-order valence-electron chi connectivity index (χ2n) is 4.74. The molecule has 7 heteroatoms. The number of hydrogen-bond donors (Lipinski definition) is 1. The summed E-state index contributed by atoms with van der Waals surface area (Å²) in [6.45, 7) is 4.15. The first-order chi connectivity index (χ1) is 10.0. The highest BCUT2D eigenvalue weighted by Gasteiger charge is 2.08. The standard InChI is InChI=1S/C14H13ClFN5/c1-8-5-13(21-14(18-8)19-9(2)20-21)17-7-10-3-4-11(16)6-12(10)15/h3-6,17H,7H2,1-2H3. The summed E-state index contributed by atoms with van der Waals surface area (Å²) >= 11 is 6.02. The lowest BCUT2D eigenvalue weighted by atomic mass is 10.2. The quantitative estimate of drug-likeness (QED) is 0.807. The molecule has 0 amide bonds. The van der Waals surface area contributed by atoms with E-state index in [0.717, 1.165) is 17.1 Å². The van der Waals surface area contributed by atoms with Gasteiger partial charge in [-0.25, -0.2) is 9.37 Å². The largest absolute Gasteiger partial charge is 0.366 e. The fourth-order valence-corrected chi connectivity index (χ4v) is 2.30. The number of anilines is 1. The zero-order chi connectivity index (χ0) is 15.0. The number of fused-ring (bicyclic) bond motifs is 1. The maximum Gasteiger partial charge on any atom is 0.254 e. The number of halogens is 2. The summed E-state index contributed by atoms with van der Waals surface area (Å²) in [6, 6.07) is 6.21. The number of hydrogen-bond acceptors (Lipinski definition) is 4. The van der Waals surface area contributed by atoms with Crippen LogP contribution in [0.15, 0.2) is 24.3 Å². The molecule has 0 fully saturated rings. The van der Waals surface area contributed by atoms with Gasteiger partial charge in [0.25, 0.3) is 5.78 Å². The molecule has 2 heterocycles. The molecule has 0 aliphatic rings. The molecule has 3 rings (SSSR count). The van der Waals surface area contributed by atoms with E-state index in [2.05, 4.69) is 20.4 Å². The number of aryl methyl sites for hydroxylation is 2. The minimum Gasteiger partial charge on any atom is -0.366 e. The Morgan fingerprint density at radius 2 is 2.05 bits per heavy atom. The molecule has 2 aromatic heterocycles. The number of rotatable bonds is 3. The minimum absolute atomic E-state index is 0.349. The highest BCUT2D eigenvalue weighted by molar-refractivity contribution is 6.31. The van der Waals surface area contributed by atoms with E-state index in [1.54, 1.807) is 10.6 Å². The highest BCUT2D eigenvalue weighted by Crippen LogP contribution is 2.19. The third kappa shape index (κ3) is 2.80. The summed E-state index contributed by atoms with van der Waals surface area (Å²) in [5.74, 6) is 1.60. The molecule has 0 aliphatic heterocycles. The van der Waals surface area contributed by atoms with Gasteiger partial charge in [-0.2, -0.15) is 9.50 Å². The Morgan fingerprint density at radius 1 is 1.24 bits per heavy atom. The average molecular weight is 306 g/mol. The molecule has 3 aromatic rings. The van der Waals surface area contributed by atoms with Crippen molar-refractivity contribution in [3.63, 3.8) is 0 Å². The van der Waals surface area contributed by atoms with Crippen LogP contribution in [0.5, 0.6) is 0 Å². The topological polar surface area (TPSA) is 55.1 Å². The van der Waals surface area contributed by atoms with Crippen molar-refractivity contribution in [2.45, 2.75) is 20.4 Å². The third-order valence-electron chi connectivity index (χ3n) is 3.02. The first-order valence-electron chi connectivity index (χ1n) is 6.42. The zero-order valence-corrected chi connectivity index (χ0v) is 12.3. The lowest BCUT2D eigenvalue weighted by Gasteiger charge is -2.10. The molecule has 0 bridgehead atoms. The smallest absolute Gasteiger partial charge is 0.254 e. The van der Waals surface area contributed by atoms with E-state index >= 15 is 0 Å². The first-order valence-corrected chi connectivity index (χ1v) is 6.79. The Hall–Kier alpha value is -2.21. The predicted molar refractivity (Wildman–Crippen MR) is 79.0 cm³/mol. The summed E-state index contributed by atoms with van der Waals surface area (Å²) in [5, 5.41) is 7.91. The van der Waals surface area contributed by atoms with Crippen molar-refractivity contribution < 1.29 is 4.39 Å². The molecule has 0 atom stereocenters. The Morgan fingerprint density at radius 3 is 2.81 bits per heavy atom. The maximum absolute atomic E-state index is 13.0. The van der Waals surface area contributed by atoms with Crippen molar-refractivity contribution in [2.75, 3.05) is 5.32 Å². The van der Waals surface area contributed by atoms with Crippen LogP contribution in [0, 0.1) is 19.7 Å². The van der Waals surface area contributed by atoms with Crippen molar-refractivity contribution >= 4 is 23.2 Å². The third-order valence-corrected chi connectivity index (χ3v) is 3.37. The zero-order valence-electron chi connectivity index (χ0n) is 11.6. The average Bonchev–Trinajstić information content (AvgIpc) is 2.77. The van der Waals surface area contributed by atoms with Gasteiger partial charge in [0.2, 0.25) is 0 Å². The molecule has 0 spiro atoms. The first kappa shape index (κ1) is 13.8. The van der Waals surface area contributed by atoms with Gasteiger partial charge in [0, 0.05) is 23.3 Å². The molecule has 1 N–H and O–H groups in total. The van der Waals surface area contributed by atoms with Gasteiger partial charge < -0.3 is 5.32 Å². The van der Waals surface area contributed by atoms with Crippen molar-refractivity contribution in [1.29, 1.82) is 0 Å². The second-order valence-corrected chi connectivity index (χ2v) is 5.15. The summed E-state index contributed by atoms with van der Waals surface area (Å²) in [6.07, 6.45) is 0. The van der Waals surface area contributed by atoms with Crippen LogP contribution in [-0.2, 0) is 6.54 Å². The molecule has 5 nitrogen and oxygen atoms in total. The highest BCUT2D eigenvalue weighted by atomic mass is 35.5. The van der Waals surface area contributed by atoms with Crippen molar-refractivity contribution in [3.05, 3.63) is 52.2 Å². The van der Waals surface area contributed by atoms with Crippen LogP contribution in [0.2, 0.25) is 5.02 Å². The van der Waals surface area contributed by atoms with Gasteiger partial charge >= 0.3 is 0 Å². The Bertz CT molecular complexity index is 814. The monoisotopic (exact) mass is 305 g/mol. The van der Waals surface area contributed by atoms with Crippen LogP contribution in [0.1, 0.15) is 17.1 Å². The fraction of sp³-hybridized carbons (Fsp3) is 0.214. The summed E-state index contributed by atoms with van der Waals surface area (Å²) in [7, 11) is 0. The van der Waals surface area contributed by atoms with Gasteiger partial charge in [0.1, 0.15) is 17.5 Å². The summed E-state index contributed by atoms with van der Waals surface area (Å²) < 4.78 is 14.7. The van der Waals surface area contributed by atoms with Gasteiger partial charge in [0.05, 0.1) is 0 Å². The molecule has 0 unspecified atom stereocenters. The lowest BCUT2D eigenvalue weighted by Crippen LogP contribution is -2.07. The Labute approximate surface area is 125 Å². The van der Waals surface area contributed by atoms with Crippen molar-refractivity contribution in [2.24, 2.45) is 0 Å².